The van der Waals surface area contributed by atoms with Crippen LogP contribution in [0.4, 0.5) is 0 Å². The number of carbonyl (C=O) groups excluding carboxylic acids is 2. The molecule has 0 spiro atoms. The smallest absolute Gasteiger partial charge is 0.316 e. The van der Waals surface area contributed by atoms with Crippen LogP contribution in [0.2, 0.25) is 0 Å². The highest BCUT2D eigenvalue weighted by atomic mass is 32.2. The number of ether oxygens (including phenoxy) is 1. The van der Waals surface area contributed by atoms with Crippen LogP contribution in [0.3, 0.4) is 0 Å². The second-order valence-electron chi connectivity index (χ2n) is 6.49. The zero-order valence-electron chi connectivity index (χ0n) is 15.4. The Morgan fingerprint density at radius 1 is 1.38 bits per heavy atom. The number of rotatable bonds is 7. The molecular formula is C20H24N2O3S. The molecule has 2 rings (SSSR count). The lowest BCUT2D eigenvalue weighted by atomic mass is 9.86. The molecule has 0 fully saturated rings. The van der Waals surface area contributed by atoms with E-state index in [1.54, 1.807) is 0 Å². The molecule has 26 heavy (non-hydrogen) atoms. The van der Waals surface area contributed by atoms with Gasteiger partial charge in [-0.25, -0.2) is 0 Å². The highest BCUT2D eigenvalue weighted by molar-refractivity contribution is 8.03. The van der Waals surface area contributed by atoms with Gasteiger partial charge in [-0.05, 0) is 23.5 Å². The van der Waals surface area contributed by atoms with Gasteiger partial charge >= 0.3 is 5.97 Å². The van der Waals surface area contributed by atoms with Crippen molar-refractivity contribution in [2.75, 3.05) is 12.4 Å². The van der Waals surface area contributed by atoms with Crippen LogP contribution in [0.5, 0.6) is 0 Å². The maximum Gasteiger partial charge on any atom is 0.316 e. The van der Waals surface area contributed by atoms with E-state index >= 15 is 0 Å². The van der Waals surface area contributed by atoms with Crippen molar-refractivity contribution in [1.82, 2.24) is 5.32 Å². The normalized spacial score (nSPS) is 17.0. The van der Waals surface area contributed by atoms with Crippen molar-refractivity contribution in [2.24, 2.45) is 0 Å². The third kappa shape index (κ3) is 5.12. The molecule has 0 saturated carbocycles. The first-order valence-corrected chi connectivity index (χ1v) is 9.77. The molecule has 1 heterocycles. The number of benzene rings is 1. The Labute approximate surface area is 158 Å². The summed E-state index contributed by atoms with van der Waals surface area (Å²) in [5, 5.41) is 12.8. The number of amides is 1. The van der Waals surface area contributed by atoms with E-state index in [2.05, 4.69) is 25.2 Å². The summed E-state index contributed by atoms with van der Waals surface area (Å²) < 4.78 is 5.05. The van der Waals surface area contributed by atoms with Crippen molar-refractivity contribution in [2.45, 2.75) is 45.4 Å². The van der Waals surface area contributed by atoms with E-state index in [4.69, 9.17) is 4.74 Å². The molecular weight excluding hydrogens is 348 g/mol. The number of nitriles is 1. The van der Waals surface area contributed by atoms with Crippen LogP contribution in [0.25, 0.3) is 0 Å². The number of nitrogens with zero attached hydrogens (tertiary/aromatic N) is 1. The van der Waals surface area contributed by atoms with Crippen molar-refractivity contribution < 1.29 is 14.3 Å². The minimum absolute atomic E-state index is 0.0692. The first kappa shape index (κ1) is 20.1. The Morgan fingerprint density at radius 3 is 2.65 bits per heavy atom. The van der Waals surface area contributed by atoms with Gasteiger partial charge in [-0.3, -0.25) is 9.59 Å². The van der Waals surface area contributed by atoms with E-state index in [-0.39, 0.29) is 30.0 Å². The van der Waals surface area contributed by atoms with Gasteiger partial charge in [0.2, 0.25) is 5.91 Å². The van der Waals surface area contributed by atoms with Crippen molar-refractivity contribution in [3.05, 3.63) is 46.0 Å². The van der Waals surface area contributed by atoms with E-state index < -0.39 is 0 Å². The molecule has 1 aliphatic rings. The quantitative estimate of drug-likeness (QED) is 0.736. The molecule has 1 aromatic carbocycles. The third-order valence-electron chi connectivity index (χ3n) is 4.16. The van der Waals surface area contributed by atoms with E-state index in [1.807, 2.05) is 31.2 Å². The standard InChI is InChI=1S/C20H24N2O3S/c1-4-9-25-19(24)12-26-20-17(11-21)16(10-18(23)22-20)15-7-5-14(6-8-15)13(2)3/h5-8,13,16H,4,9-10,12H2,1-3H3,(H,22,23). The number of thioether (sulfide) groups is 1. The van der Waals surface area contributed by atoms with E-state index in [0.717, 1.165) is 23.7 Å². The molecule has 1 atom stereocenters. The Balaban J connectivity index is 2.21. The SMILES string of the molecule is CCCOC(=O)CSC1=C(C#N)C(c2ccc(C(C)C)cc2)CC(=O)N1. The van der Waals surface area contributed by atoms with Gasteiger partial charge in [-0.1, -0.05) is 56.8 Å². The first-order valence-electron chi connectivity index (χ1n) is 8.78. The Kier molecular flexibility index (Phi) is 7.28. The fraction of sp³-hybridized carbons (Fsp3) is 0.450. The van der Waals surface area contributed by atoms with Gasteiger partial charge in [0.25, 0.3) is 0 Å². The van der Waals surface area contributed by atoms with Crippen LogP contribution in [-0.4, -0.2) is 24.2 Å². The molecule has 1 amide bonds. The molecule has 0 aromatic heterocycles. The summed E-state index contributed by atoms with van der Waals surface area (Å²) in [5.41, 5.74) is 2.65. The minimum Gasteiger partial charge on any atom is -0.465 e. The second kappa shape index (κ2) is 9.44. The monoisotopic (exact) mass is 372 g/mol. The number of carbonyl (C=O) groups is 2. The maximum atomic E-state index is 12.1. The summed E-state index contributed by atoms with van der Waals surface area (Å²) in [6.45, 7) is 6.54. The second-order valence-corrected chi connectivity index (χ2v) is 7.48. The fourth-order valence-corrected chi connectivity index (χ4v) is 3.59. The molecule has 6 heteroatoms. The number of hydrogen-bond donors (Lipinski definition) is 1. The first-order chi connectivity index (χ1) is 12.5. The van der Waals surface area contributed by atoms with Crippen LogP contribution in [0.1, 0.15) is 56.6 Å². The summed E-state index contributed by atoms with van der Waals surface area (Å²) in [7, 11) is 0. The van der Waals surface area contributed by atoms with Gasteiger partial charge in [-0.15, -0.1) is 0 Å². The molecule has 138 valence electrons. The lowest BCUT2D eigenvalue weighted by Crippen LogP contribution is -2.31. The van der Waals surface area contributed by atoms with Gasteiger partial charge < -0.3 is 10.1 Å². The molecule has 1 N–H and O–H groups in total. The van der Waals surface area contributed by atoms with Crippen LogP contribution in [-0.2, 0) is 14.3 Å². The van der Waals surface area contributed by atoms with Crippen molar-refractivity contribution in [3.63, 3.8) is 0 Å². The van der Waals surface area contributed by atoms with Crippen LogP contribution < -0.4 is 5.32 Å². The predicted octanol–water partition coefficient (Wildman–Crippen LogP) is 3.84. The molecule has 0 radical (unpaired) electrons. The lowest BCUT2D eigenvalue weighted by molar-refractivity contribution is -0.140. The van der Waals surface area contributed by atoms with Gasteiger partial charge in [0.15, 0.2) is 0 Å². The molecule has 1 aromatic rings. The minimum atomic E-state index is -0.348. The number of allylic oxidation sites excluding steroid dienone is 1. The number of esters is 1. The highest BCUT2D eigenvalue weighted by Gasteiger charge is 2.30. The summed E-state index contributed by atoms with van der Waals surface area (Å²) in [4.78, 5) is 23.8. The molecule has 5 nitrogen and oxygen atoms in total. The lowest BCUT2D eigenvalue weighted by Gasteiger charge is -2.25. The average molecular weight is 372 g/mol. The predicted molar refractivity (Wildman–Crippen MR) is 102 cm³/mol. The Morgan fingerprint density at radius 2 is 2.08 bits per heavy atom. The van der Waals surface area contributed by atoms with Gasteiger partial charge in [0.05, 0.1) is 29.0 Å². The summed E-state index contributed by atoms with van der Waals surface area (Å²) in [6.07, 6.45) is 0.988. The van der Waals surface area contributed by atoms with E-state index in [1.165, 1.54) is 5.56 Å². The molecule has 0 bridgehead atoms. The summed E-state index contributed by atoms with van der Waals surface area (Å²) in [5.74, 6) is -0.292. The van der Waals surface area contributed by atoms with Gasteiger partial charge in [0, 0.05) is 12.3 Å². The molecule has 1 unspecified atom stereocenters. The zero-order chi connectivity index (χ0) is 19.1. The van der Waals surface area contributed by atoms with E-state index in [0.29, 0.717) is 23.1 Å². The van der Waals surface area contributed by atoms with E-state index in [9.17, 15) is 14.9 Å². The molecule has 0 aliphatic carbocycles. The third-order valence-corrected chi connectivity index (χ3v) is 5.15. The van der Waals surface area contributed by atoms with Crippen molar-refractivity contribution in [3.8, 4) is 6.07 Å². The largest absolute Gasteiger partial charge is 0.465 e. The Hall–Kier alpha value is -2.26. The Bertz CT molecular complexity index is 732. The highest BCUT2D eigenvalue weighted by Crippen LogP contribution is 2.36. The zero-order valence-corrected chi connectivity index (χ0v) is 16.2. The van der Waals surface area contributed by atoms with Crippen LogP contribution in [0.15, 0.2) is 34.9 Å². The van der Waals surface area contributed by atoms with Crippen molar-refractivity contribution in [1.29, 1.82) is 5.26 Å². The maximum absolute atomic E-state index is 12.1. The van der Waals surface area contributed by atoms with Crippen LogP contribution in [0, 0.1) is 11.3 Å². The summed E-state index contributed by atoms with van der Waals surface area (Å²) >= 11 is 1.15. The summed E-state index contributed by atoms with van der Waals surface area (Å²) in [6, 6.07) is 10.3. The topological polar surface area (TPSA) is 79.2 Å². The number of hydrogen-bond acceptors (Lipinski definition) is 5. The number of nitrogens with one attached hydrogen (secondary N) is 1. The average Bonchev–Trinajstić information content (AvgIpc) is 2.64. The van der Waals surface area contributed by atoms with Crippen molar-refractivity contribution >= 4 is 23.6 Å². The van der Waals surface area contributed by atoms with Crippen LogP contribution >= 0.6 is 11.8 Å². The molecule has 1 aliphatic heterocycles. The fourth-order valence-electron chi connectivity index (χ4n) is 2.72. The van der Waals surface area contributed by atoms with Gasteiger partial charge in [-0.2, -0.15) is 5.26 Å². The molecule has 0 saturated heterocycles. The van der Waals surface area contributed by atoms with Gasteiger partial charge in [0.1, 0.15) is 0 Å².